The molecule has 0 aliphatic carbocycles. The molecule has 20 heavy (non-hydrogen) atoms. The van der Waals surface area contributed by atoms with E-state index < -0.39 is 0 Å². The average molecular weight is 398 g/mol. The predicted octanol–water partition coefficient (Wildman–Crippen LogP) is 3.42. The summed E-state index contributed by atoms with van der Waals surface area (Å²) in [7, 11) is 0. The fourth-order valence-electron chi connectivity index (χ4n) is 1.56. The zero-order valence-electron chi connectivity index (χ0n) is 9.79. The molecule has 0 amide bonds. The third-order valence-electron chi connectivity index (χ3n) is 2.42. The molecule has 0 bridgehead atoms. The number of halogens is 2. The molecule has 0 aliphatic heterocycles. The van der Waals surface area contributed by atoms with Gasteiger partial charge in [-0.2, -0.15) is 4.98 Å². The lowest BCUT2D eigenvalue weighted by Crippen LogP contribution is -1.88. The summed E-state index contributed by atoms with van der Waals surface area (Å²) in [5.74, 6) is 0.646. The lowest BCUT2D eigenvalue weighted by molar-refractivity contribution is 0.431. The molecule has 3 aromatic rings. The Kier molecular flexibility index (Phi) is 3.49. The van der Waals surface area contributed by atoms with Crippen molar-refractivity contribution >= 4 is 31.9 Å². The van der Waals surface area contributed by atoms with Crippen LogP contribution in [0.25, 0.3) is 23.0 Å². The molecular formula is C12H6Br2N4O2. The normalized spacial score (nSPS) is 10.7. The molecule has 0 aromatic carbocycles. The van der Waals surface area contributed by atoms with Gasteiger partial charge in [-0.15, -0.1) is 0 Å². The number of pyridine rings is 2. The molecule has 0 saturated carbocycles. The van der Waals surface area contributed by atoms with Gasteiger partial charge in [0.2, 0.25) is 5.82 Å². The van der Waals surface area contributed by atoms with Crippen LogP contribution in [0.3, 0.4) is 0 Å². The Morgan fingerprint density at radius 1 is 1.10 bits per heavy atom. The zero-order chi connectivity index (χ0) is 14.1. The van der Waals surface area contributed by atoms with E-state index >= 15 is 0 Å². The van der Waals surface area contributed by atoms with Gasteiger partial charge in [0.15, 0.2) is 0 Å². The van der Waals surface area contributed by atoms with Crippen molar-refractivity contribution < 1.29 is 9.63 Å². The van der Waals surface area contributed by atoms with Gasteiger partial charge in [0.25, 0.3) is 5.89 Å². The molecule has 0 radical (unpaired) electrons. The maximum absolute atomic E-state index is 9.40. The Morgan fingerprint density at radius 3 is 2.70 bits per heavy atom. The molecule has 0 spiro atoms. The SMILES string of the molecule is Oc1cncc(-c2nc(-c3ncc(Br)cc3Br)no2)c1. The van der Waals surface area contributed by atoms with E-state index in [2.05, 4.69) is 52.0 Å². The predicted molar refractivity (Wildman–Crippen MR) is 77.8 cm³/mol. The van der Waals surface area contributed by atoms with Crippen molar-refractivity contribution in [1.29, 1.82) is 0 Å². The molecule has 0 atom stereocenters. The molecule has 3 rings (SSSR count). The highest BCUT2D eigenvalue weighted by Gasteiger charge is 2.15. The van der Waals surface area contributed by atoms with Gasteiger partial charge >= 0.3 is 0 Å². The summed E-state index contributed by atoms with van der Waals surface area (Å²) in [6.45, 7) is 0. The molecule has 1 N–H and O–H groups in total. The number of rotatable bonds is 2. The van der Waals surface area contributed by atoms with Crippen molar-refractivity contribution in [3.63, 3.8) is 0 Å². The van der Waals surface area contributed by atoms with E-state index in [1.807, 2.05) is 6.07 Å². The van der Waals surface area contributed by atoms with Crippen LogP contribution in [0.1, 0.15) is 0 Å². The van der Waals surface area contributed by atoms with Crippen LogP contribution >= 0.6 is 31.9 Å². The van der Waals surface area contributed by atoms with E-state index in [1.165, 1.54) is 18.5 Å². The van der Waals surface area contributed by atoms with Crippen LogP contribution in [0, 0.1) is 0 Å². The maximum Gasteiger partial charge on any atom is 0.259 e. The molecule has 3 aromatic heterocycles. The van der Waals surface area contributed by atoms with Crippen molar-refractivity contribution in [3.8, 4) is 28.7 Å². The standard InChI is InChI=1S/C12H6Br2N4O2/c13-7-2-9(14)10(16-4-7)11-17-12(20-18-11)6-1-8(19)5-15-3-6/h1-5,19H. The molecule has 0 unspecified atom stereocenters. The fraction of sp³-hybridized carbons (Fsp3) is 0. The third kappa shape index (κ3) is 2.56. The van der Waals surface area contributed by atoms with E-state index in [-0.39, 0.29) is 11.6 Å². The van der Waals surface area contributed by atoms with E-state index in [0.717, 1.165) is 8.95 Å². The Labute approximate surface area is 130 Å². The lowest BCUT2D eigenvalue weighted by Gasteiger charge is -1.98. The summed E-state index contributed by atoms with van der Waals surface area (Å²) in [4.78, 5) is 12.3. The van der Waals surface area contributed by atoms with Gasteiger partial charge in [-0.05, 0) is 44.0 Å². The van der Waals surface area contributed by atoms with Crippen molar-refractivity contribution in [1.82, 2.24) is 20.1 Å². The second-order valence-corrected chi connectivity index (χ2v) is 5.61. The first-order valence-electron chi connectivity index (χ1n) is 5.43. The smallest absolute Gasteiger partial charge is 0.259 e. The van der Waals surface area contributed by atoms with Gasteiger partial charge in [0.1, 0.15) is 11.4 Å². The molecular weight excluding hydrogens is 392 g/mol. The fourth-order valence-corrected chi connectivity index (χ4v) is 2.73. The molecule has 6 nitrogen and oxygen atoms in total. The van der Waals surface area contributed by atoms with Crippen molar-refractivity contribution in [2.24, 2.45) is 0 Å². The minimum Gasteiger partial charge on any atom is -0.506 e. The quantitative estimate of drug-likeness (QED) is 0.713. The summed E-state index contributed by atoms with van der Waals surface area (Å²) in [6, 6.07) is 3.34. The first-order chi connectivity index (χ1) is 9.63. The van der Waals surface area contributed by atoms with E-state index in [4.69, 9.17) is 4.52 Å². The van der Waals surface area contributed by atoms with Gasteiger partial charge in [0, 0.05) is 21.3 Å². The highest BCUT2D eigenvalue weighted by atomic mass is 79.9. The summed E-state index contributed by atoms with van der Waals surface area (Å²) < 4.78 is 6.75. The highest BCUT2D eigenvalue weighted by molar-refractivity contribution is 9.11. The topological polar surface area (TPSA) is 84.9 Å². The number of hydrogen-bond acceptors (Lipinski definition) is 6. The number of hydrogen-bond donors (Lipinski definition) is 1. The number of nitrogens with zero attached hydrogens (tertiary/aromatic N) is 4. The Bertz CT molecular complexity index is 776. The molecule has 100 valence electrons. The summed E-state index contributed by atoms with van der Waals surface area (Å²) in [5.41, 5.74) is 1.10. The molecule has 0 fully saturated rings. The van der Waals surface area contributed by atoms with Crippen LogP contribution in [0.15, 0.2) is 44.2 Å². The summed E-state index contributed by atoms with van der Waals surface area (Å²) in [5, 5.41) is 13.3. The largest absolute Gasteiger partial charge is 0.506 e. The van der Waals surface area contributed by atoms with Crippen LogP contribution in [-0.2, 0) is 0 Å². The lowest BCUT2D eigenvalue weighted by atomic mass is 10.3. The monoisotopic (exact) mass is 396 g/mol. The van der Waals surface area contributed by atoms with E-state index in [1.54, 1.807) is 6.20 Å². The average Bonchev–Trinajstić information content (AvgIpc) is 2.88. The van der Waals surface area contributed by atoms with E-state index in [0.29, 0.717) is 17.1 Å². The highest BCUT2D eigenvalue weighted by Crippen LogP contribution is 2.28. The van der Waals surface area contributed by atoms with E-state index in [9.17, 15) is 5.11 Å². The van der Waals surface area contributed by atoms with Gasteiger partial charge in [0.05, 0.1) is 11.8 Å². The summed E-state index contributed by atoms with van der Waals surface area (Å²) in [6.07, 6.45) is 4.50. The minimum absolute atomic E-state index is 0.0326. The second-order valence-electron chi connectivity index (χ2n) is 3.84. The number of aromatic hydroxyl groups is 1. The van der Waals surface area contributed by atoms with Crippen LogP contribution in [-0.4, -0.2) is 25.2 Å². The minimum atomic E-state index is 0.0326. The molecule has 0 aliphatic rings. The molecule has 3 heterocycles. The second kappa shape index (κ2) is 5.29. The van der Waals surface area contributed by atoms with Crippen molar-refractivity contribution in [3.05, 3.63) is 39.7 Å². The third-order valence-corrected chi connectivity index (χ3v) is 3.45. The zero-order valence-corrected chi connectivity index (χ0v) is 13.0. The van der Waals surface area contributed by atoms with Crippen LogP contribution < -0.4 is 0 Å². The first-order valence-corrected chi connectivity index (χ1v) is 7.01. The Morgan fingerprint density at radius 2 is 1.95 bits per heavy atom. The van der Waals surface area contributed by atoms with Crippen LogP contribution in [0.5, 0.6) is 5.75 Å². The van der Waals surface area contributed by atoms with Crippen molar-refractivity contribution in [2.45, 2.75) is 0 Å². The molecule has 0 saturated heterocycles. The molecule has 8 heteroatoms. The van der Waals surface area contributed by atoms with Gasteiger partial charge in [-0.1, -0.05) is 5.16 Å². The Balaban J connectivity index is 2.02. The maximum atomic E-state index is 9.40. The van der Waals surface area contributed by atoms with Crippen molar-refractivity contribution in [2.75, 3.05) is 0 Å². The first kappa shape index (κ1) is 13.2. The van der Waals surface area contributed by atoms with Crippen LogP contribution in [0.2, 0.25) is 0 Å². The van der Waals surface area contributed by atoms with Gasteiger partial charge in [-0.3, -0.25) is 9.97 Å². The number of aromatic nitrogens is 4. The van der Waals surface area contributed by atoms with Gasteiger partial charge in [-0.25, -0.2) is 0 Å². The summed E-state index contributed by atoms with van der Waals surface area (Å²) >= 11 is 6.72. The van der Waals surface area contributed by atoms with Crippen LogP contribution in [0.4, 0.5) is 0 Å². The van der Waals surface area contributed by atoms with Gasteiger partial charge < -0.3 is 9.63 Å². The Hall–Kier alpha value is -1.80.